The number of aromatic hydroxyl groups is 1. The highest BCUT2D eigenvalue weighted by atomic mass is 16.3. The van der Waals surface area contributed by atoms with Gasteiger partial charge in [-0.05, 0) is 29.7 Å². The summed E-state index contributed by atoms with van der Waals surface area (Å²) >= 11 is 0. The highest BCUT2D eigenvalue weighted by Gasteiger charge is 2.09. The number of aromatic nitrogens is 1. The molecule has 0 unspecified atom stereocenters. The summed E-state index contributed by atoms with van der Waals surface area (Å²) < 4.78 is 1.83. The molecule has 1 heterocycles. The van der Waals surface area contributed by atoms with E-state index in [-0.39, 0.29) is 0 Å². The van der Waals surface area contributed by atoms with Crippen LogP contribution in [-0.4, -0.2) is 9.67 Å². The number of nitrogens with zero attached hydrogens (tertiary/aromatic N) is 1. The average Bonchev–Trinajstić information content (AvgIpc) is 2.77. The van der Waals surface area contributed by atoms with E-state index in [2.05, 4.69) is 26.0 Å². The van der Waals surface area contributed by atoms with E-state index in [1.165, 1.54) is 5.56 Å². The van der Waals surface area contributed by atoms with Crippen molar-refractivity contribution in [3.8, 4) is 11.6 Å². The standard InChI is InChI=1S/C17H17NO/c1-12(2)13-7-9-15(10-8-13)18-11-14-5-3-4-6-16(14)17(18)19/h3-12,19H,1-2H3. The molecule has 0 radical (unpaired) electrons. The van der Waals surface area contributed by atoms with Gasteiger partial charge in [0.2, 0.25) is 5.88 Å². The van der Waals surface area contributed by atoms with Crippen LogP contribution >= 0.6 is 0 Å². The van der Waals surface area contributed by atoms with Gasteiger partial charge in [0.25, 0.3) is 0 Å². The minimum atomic E-state index is 0.299. The number of hydrogen-bond donors (Lipinski definition) is 1. The lowest BCUT2D eigenvalue weighted by Crippen LogP contribution is -1.93. The van der Waals surface area contributed by atoms with Gasteiger partial charge in [-0.15, -0.1) is 0 Å². The van der Waals surface area contributed by atoms with Gasteiger partial charge in [-0.3, -0.25) is 4.57 Å². The largest absolute Gasteiger partial charge is 0.494 e. The Morgan fingerprint density at radius 3 is 2.26 bits per heavy atom. The highest BCUT2D eigenvalue weighted by Crippen LogP contribution is 2.30. The first-order valence-electron chi connectivity index (χ1n) is 6.56. The van der Waals surface area contributed by atoms with E-state index in [1.807, 2.05) is 47.2 Å². The van der Waals surface area contributed by atoms with Gasteiger partial charge in [-0.25, -0.2) is 0 Å². The molecule has 0 bridgehead atoms. The minimum absolute atomic E-state index is 0.299. The number of fused-ring (bicyclic) bond motifs is 1. The molecule has 2 heteroatoms. The van der Waals surface area contributed by atoms with E-state index in [0.29, 0.717) is 11.8 Å². The molecule has 0 atom stereocenters. The van der Waals surface area contributed by atoms with Crippen LogP contribution in [-0.2, 0) is 0 Å². The van der Waals surface area contributed by atoms with Crippen LogP contribution in [0.1, 0.15) is 25.3 Å². The second-order valence-electron chi connectivity index (χ2n) is 5.16. The Morgan fingerprint density at radius 1 is 0.947 bits per heavy atom. The molecule has 0 saturated heterocycles. The number of hydrogen-bond acceptors (Lipinski definition) is 1. The fraction of sp³-hybridized carbons (Fsp3) is 0.176. The van der Waals surface area contributed by atoms with E-state index in [1.54, 1.807) is 0 Å². The maximum absolute atomic E-state index is 10.3. The Kier molecular flexibility index (Phi) is 2.79. The van der Waals surface area contributed by atoms with Crippen LogP contribution in [0.4, 0.5) is 0 Å². The zero-order chi connectivity index (χ0) is 13.4. The molecule has 0 saturated carbocycles. The van der Waals surface area contributed by atoms with Crippen molar-refractivity contribution in [1.82, 2.24) is 4.57 Å². The molecule has 2 aromatic carbocycles. The Morgan fingerprint density at radius 2 is 1.63 bits per heavy atom. The van der Waals surface area contributed by atoms with Crippen LogP contribution in [0.15, 0.2) is 54.7 Å². The molecule has 0 aliphatic heterocycles. The van der Waals surface area contributed by atoms with Gasteiger partial charge in [0.1, 0.15) is 0 Å². The molecule has 3 aromatic rings. The normalized spacial score (nSPS) is 11.3. The Labute approximate surface area is 112 Å². The third-order valence-corrected chi connectivity index (χ3v) is 3.54. The lowest BCUT2D eigenvalue weighted by molar-refractivity contribution is 0.448. The quantitative estimate of drug-likeness (QED) is 0.714. The molecule has 96 valence electrons. The summed E-state index contributed by atoms with van der Waals surface area (Å²) in [5.74, 6) is 0.819. The second kappa shape index (κ2) is 4.47. The molecule has 0 aliphatic carbocycles. The molecule has 1 aromatic heterocycles. The van der Waals surface area contributed by atoms with Crippen LogP contribution in [0, 0.1) is 0 Å². The average molecular weight is 251 g/mol. The second-order valence-corrected chi connectivity index (χ2v) is 5.16. The number of benzene rings is 2. The van der Waals surface area contributed by atoms with Gasteiger partial charge in [-0.1, -0.05) is 44.2 Å². The van der Waals surface area contributed by atoms with Gasteiger partial charge in [-0.2, -0.15) is 0 Å². The first-order valence-corrected chi connectivity index (χ1v) is 6.56. The van der Waals surface area contributed by atoms with E-state index in [9.17, 15) is 5.11 Å². The maximum atomic E-state index is 10.3. The van der Waals surface area contributed by atoms with Crippen molar-refractivity contribution in [1.29, 1.82) is 0 Å². The fourth-order valence-electron chi connectivity index (χ4n) is 2.36. The monoisotopic (exact) mass is 251 g/mol. The van der Waals surface area contributed by atoms with Crippen LogP contribution < -0.4 is 0 Å². The first kappa shape index (κ1) is 11.8. The first-order chi connectivity index (χ1) is 9.16. The summed E-state index contributed by atoms with van der Waals surface area (Å²) in [7, 11) is 0. The summed E-state index contributed by atoms with van der Waals surface area (Å²) in [5, 5.41) is 12.2. The van der Waals surface area contributed by atoms with Gasteiger partial charge < -0.3 is 5.11 Å². The van der Waals surface area contributed by atoms with Crippen LogP contribution in [0.3, 0.4) is 0 Å². The lowest BCUT2D eigenvalue weighted by Gasteiger charge is -2.08. The van der Waals surface area contributed by atoms with Crippen molar-refractivity contribution in [3.05, 3.63) is 60.3 Å². The Hall–Kier alpha value is -2.22. The summed E-state index contributed by atoms with van der Waals surface area (Å²) in [6.07, 6.45) is 1.97. The van der Waals surface area contributed by atoms with Crippen molar-refractivity contribution in [3.63, 3.8) is 0 Å². The zero-order valence-electron chi connectivity index (χ0n) is 11.2. The van der Waals surface area contributed by atoms with Gasteiger partial charge in [0.15, 0.2) is 0 Å². The molecule has 0 aliphatic rings. The summed E-state index contributed by atoms with van der Waals surface area (Å²) in [5.41, 5.74) is 2.29. The smallest absolute Gasteiger partial charge is 0.203 e. The number of rotatable bonds is 2. The molecule has 0 fully saturated rings. The third kappa shape index (κ3) is 1.99. The molecular weight excluding hydrogens is 234 g/mol. The van der Waals surface area contributed by atoms with Crippen LogP contribution in [0.2, 0.25) is 0 Å². The third-order valence-electron chi connectivity index (χ3n) is 3.54. The van der Waals surface area contributed by atoms with E-state index < -0.39 is 0 Å². The predicted octanol–water partition coefficient (Wildman–Crippen LogP) is 4.46. The van der Waals surface area contributed by atoms with Gasteiger partial charge >= 0.3 is 0 Å². The lowest BCUT2D eigenvalue weighted by atomic mass is 10.0. The zero-order valence-corrected chi connectivity index (χ0v) is 11.2. The summed E-state index contributed by atoms with van der Waals surface area (Å²) in [6, 6.07) is 16.2. The topological polar surface area (TPSA) is 25.2 Å². The van der Waals surface area contributed by atoms with Crippen molar-refractivity contribution < 1.29 is 5.11 Å². The summed E-state index contributed by atoms with van der Waals surface area (Å²) in [4.78, 5) is 0. The Balaban J connectivity index is 2.11. The van der Waals surface area contributed by atoms with E-state index >= 15 is 0 Å². The molecule has 1 N–H and O–H groups in total. The van der Waals surface area contributed by atoms with Crippen LogP contribution in [0.5, 0.6) is 5.88 Å². The fourth-order valence-corrected chi connectivity index (χ4v) is 2.36. The molecule has 0 spiro atoms. The molecular formula is C17H17NO. The SMILES string of the molecule is CC(C)c1ccc(-n2cc3ccccc3c2O)cc1. The van der Waals surface area contributed by atoms with E-state index in [4.69, 9.17) is 0 Å². The van der Waals surface area contributed by atoms with E-state index in [0.717, 1.165) is 16.5 Å². The molecule has 3 rings (SSSR count). The molecule has 0 amide bonds. The minimum Gasteiger partial charge on any atom is -0.494 e. The predicted molar refractivity (Wildman–Crippen MR) is 79.0 cm³/mol. The van der Waals surface area contributed by atoms with Gasteiger partial charge in [0.05, 0.1) is 0 Å². The maximum Gasteiger partial charge on any atom is 0.203 e. The molecule has 2 nitrogen and oxygen atoms in total. The summed E-state index contributed by atoms with van der Waals surface area (Å²) in [6.45, 7) is 4.35. The van der Waals surface area contributed by atoms with Crippen molar-refractivity contribution in [2.75, 3.05) is 0 Å². The van der Waals surface area contributed by atoms with Crippen molar-refractivity contribution in [2.45, 2.75) is 19.8 Å². The van der Waals surface area contributed by atoms with Crippen LogP contribution in [0.25, 0.3) is 16.5 Å². The van der Waals surface area contributed by atoms with Crippen molar-refractivity contribution in [2.24, 2.45) is 0 Å². The highest BCUT2D eigenvalue weighted by molar-refractivity contribution is 5.88. The van der Waals surface area contributed by atoms with Crippen molar-refractivity contribution >= 4 is 10.8 Å². The van der Waals surface area contributed by atoms with Gasteiger partial charge in [0, 0.05) is 22.7 Å². The Bertz CT molecular complexity index is 708. The molecule has 19 heavy (non-hydrogen) atoms.